The molecule has 134 valence electrons. The molecule has 0 saturated carbocycles. The molecule has 0 aliphatic rings. The Morgan fingerprint density at radius 2 is 1.39 bits per heavy atom. The van der Waals surface area contributed by atoms with Gasteiger partial charge in [-0.2, -0.15) is 15.0 Å². The maximum atomic E-state index is 13.1. The van der Waals surface area contributed by atoms with Gasteiger partial charge in [0.25, 0.3) is 5.56 Å². The molecule has 4 aromatic rings. The number of benzene rings is 3. The van der Waals surface area contributed by atoms with Crippen LogP contribution in [0.5, 0.6) is 5.75 Å². The molecule has 0 aliphatic heterocycles. The highest BCUT2D eigenvalue weighted by molar-refractivity contribution is 5.84. The van der Waals surface area contributed by atoms with Crippen molar-refractivity contribution < 1.29 is 5.11 Å². The van der Waals surface area contributed by atoms with Crippen molar-refractivity contribution in [1.82, 2.24) is 9.78 Å². The van der Waals surface area contributed by atoms with E-state index in [-0.39, 0.29) is 17.0 Å². The van der Waals surface area contributed by atoms with Crippen LogP contribution < -0.4 is 5.56 Å². The van der Waals surface area contributed by atoms with E-state index in [1.54, 1.807) is 18.2 Å². The van der Waals surface area contributed by atoms with Crippen molar-refractivity contribution in [2.24, 2.45) is 0 Å². The van der Waals surface area contributed by atoms with Crippen molar-refractivity contribution in [3.8, 4) is 39.9 Å². The van der Waals surface area contributed by atoms with Crippen molar-refractivity contribution >= 4 is 0 Å². The number of aromatic nitrogens is 2. The Hall–Kier alpha value is -4.17. The molecule has 0 fully saturated rings. The third-order valence-electron chi connectivity index (χ3n) is 4.42. The van der Waals surface area contributed by atoms with Crippen LogP contribution in [0.25, 0.3) is 28.1 Å². The summed E-state index contributed by atoms with van der Waals surface area (Å²) >= 11 is 0. The van der Waals surface area contributed by atoms with E-state index in [1.165, 1.54) is 6.07 Å². The van der Waals surface area contributed by atoms with Crippen molar-refractivity contribution in [3.05, 3.63) is 101 Å². The second-order valence-electron chi connectivity index (χ2n) is 6.15. The molecule has 0 radical (unpaired) electrons. The van der Waals surface area contributed by atoms with Gasteiger partial charge in [-0.3, -0.25) is 4.79 Å². The summed E-state index contributed by atoms with van der Waals surface area (Å²) in [6, 6.07) is 27.1. The third-order valence-corrected chi connectivity index (χ3v) is 4.42. The standard InChI is InChI=1S/C23H15N3O2/c24-15-18-21(16-9-3-1-4-10-16)22(17-11-5-2-6-12-17)25-26(23(18)28)19-13-7-8-14-20(19)27/h1-14,27H. The Bertz CT molecular complexity index is 1240. The summed E-state index contributed by atoms with van der Waals surface area (Å²) in [6.07, 6.45) is 0. The molecular weight excluding hydrogens is 350 g/mol. The molecule has 0 amide bonds. The molecule has 0 bridgehead atoms. The zero-order chi connectivity index (χ0) is 19.5. The smallest absolute Gasteiger partial charge is 0.290 e. The average Bonchev–Trinajstić information content (AvgIpc) is 2.75. The normalized spacial score (nSPS) is 10.4. The molecule has 1 N–H and O–H groups in total. The second-order valence-corrected chi connectivity index (χ2v) is 6.15. The largest absolute Gasteiger partial charge is 0.506 e. The fraction of sp³-hybridized carbons (Fsp3) is 0. The van der Waals surface area contributed by atoms with Crippen molar-refractivity contribution in [2.75, 3.05) is 0 Å². The molecule has 5 heteroatoms. The average molecular weight is 365 g/mol. The molecule has 4 rings (SSSR count). The molecule has 0 aliphatic carbocycles. The van der Waals surface area contributed by atoms with Crippen LogP contribution >= 0.6 is 0 Å². The van der Waals surface area contributed by atoms with Gasteiger partial charge in [0.1, 0.15) is 28.8 Å². The zero-order valence-corrected chi connectivity index (χ0v) is 14.8. The first-order valence-corrected chi connectivity index (χ1v) is 8.67. The van der Waals surface area contributed by atoms with E-state index < -0.39 is 5.56 Å². The molecule has 28 heavy (non-hydrogen) atoms. The summed E-state index contributed by atoms with van der Waals surface area (Å²) in [5.74, 6) is -0.0903. The molecule has 3 aromatic carbocycles. The van der Waals surface area contributed by atoms with Gasteiger partial charge in [-0.05, 0) is 17.7 Å². The first kappa shape index (κ1) is 17.3. The van der Waals surface area contributed by atoms with E-state index in [2.05, 4.69) is 5.10 Å². The summed E-state index contributed by atoms with van der Waals surface area (Å²) in [4.78, 5) is 13.1. The highest BCUT2D eigenvalue weighted by Gasteiger charge is 2.21. The second kappa shape index (κ2) is 7.22. The van der Waals surface area contributed by atoms with Gasteiger partial charge in [-0.15, -0.1) is 0 Å². The van der Waals surface area contributed by atoms with E-state index in [1.807, 2.05) is 66.7 Å². The van der Waals surface area contributed by atoms with Gasteiger partial charge in [0, 0.05) is 11.1 Å². The summed E-state index contributed by atoms with van der Waals surface area (Å²) < 4.78 is 1.09. The predicted octanol–water partition coefficient (Wildman–Crippen LogP) is 4.14. The minimum atomic E-state index is -0.581. The Morgan fingerprint density at radius 3 is 2.00 bits per heavy atom. The Kier molecular flexibility index (Phi) is 4.45. The quantitative estimate of drug-likeness (QED) is 0.592. The third kappa shape index (κ3) is 2.93. The maximum absolute atomic E-state index is 13.1. The predicted molar refractivity (Wildman–Crippen MR) is 107 cm³/mol. The minimum absolute atomic E-state index is 0.0247. The lowest BCUT2D eigenvalue weighted by Crippen LogP contribution is -2.25. The molecule has 0 spiro atoms. The number of rotatable bonds is 3. The topological polar surface area (TPSA) is 78.9 Å². The monoisotopic (exact) mass is 365 g/mol. The van der Waals surface area contributed by atoms with Crippen molar-refractivity contribution in [3.63, 3.8) is 0 Å². The number of hydrogen-bond donors (Lipinski definition) is 1. The fourth-order valence-electron chi connectivity index (χ4n) is 3.12. The van der Waals surface area contributed by atoms with Crippen molar-refractivity contribution in [2.45, 2.75) is 0 Å². The van der Waals surface area contributed by atoms with E-state index in [0.717, 1.165) is 15.8 Å². The molecule has 1 heterocycles. The first-order chi connectivity index (χ1) is 13.7. The van der Waals surface area contributed by atoms with E-state index in [9.17, 15) is 15.2 Å². The Labute approximate surface area is 161 Å². The number of phenols is 1. The molecule has 1 aromatic heterocycles. The number of nitriles is 1. The van der Waals surface area contributed by atoms with Gasteiger partial charge < -0.3 is 5.11 Å². The van der Waals surface area contributed by atoms with Crippen LogP contribution in [0.4, 0.5) is 0 Å². The molecule has 5 nitrogen and oxygen atoms in total. The lowest BCUT2D eigenvalue weighted by molar-refractivity contribution is 0.469. The van der Waals surface area contributed by atoms with Gasteiger partial charge >= 0.3 is 0 Å². The number of nitrogens with zero attached hydrogens (tertiary/aromatic N) is 3. The summed E-state index contributed by atoms with van der Waals surface area (Å²) in [5.41, 5.74) is 2.08. The van der Waals surface area contributed by atoms with Gasteiger partial charge in [-0.25, -0.2) is 0 Å². The SMILES string of the molecule is N#Cc1c(-c2ccccc2)c(-c2ccccc2)nn(-c2ccccc2O)c1=O. The van der Waals surface area contributed by atoms with Gasteiger partial charge in [0.2, 0.25) is 0 Å². The zero-order valence-electron chi connectivity index (χ0n) is 14.8. The summed E-state index contributed by atoms with van der Waals surface area (Å²) in [7, 11) is 0. The summed E-state index contributed by atoms with van der Waals surface area (Å²) in [5, 5.41) is 24.6. The lowest BCUT2D eigenvalue weighted by Gasteiger charge is -2.15. The fourth-order valence-corrected chi connectivity index (χ4v) is 3.12. The van der Waals surface area contributed by atoms with Crippen LogP contribution in [0.2, 0.25) is 0 Å². The highest BCUT2D eigenvalue weighted by atomic mass is 16.3. The molecule has 0 atom stereocenters. The molecule has 0 saturated heterocycles. The van der Waals surface area contributed by atoms with Crippen LogP contribution in [0.1, 0.15) is 5.56 Å². The highest BCUT2D eigenvalue weighted by Crippen LogP contribution is 2.32. The van der Waals surface area contributed by atoms with E-state index in [0.29, 0.717) is 11.3 Å². The Morgan fingerprint density at radius 1 is 0.821 bits per heavy atom. The van der Waals surface area contributed by atoms with Crippen LogP contribution in [0, 0.1) is 11.3 Å². The van der Waals surface area contributed by atoms with Crippen LogP contribution in [-0.2, 0) is 0 Å². The maximum Gasteiger partial charge on any atom is 0.290 e. The van der Waals surface area contributed by atoms with Crippen LogP contribution in [0.3, 0.4) is 0 Å². The molecule has 0 unspecified atom stereocenters. The van der Waals surface area contributed by atoms with E-state index >= 15 is 0 Å². The lowest BCUT2D eigenvalue weighted by atomic mass is 9.96. The van der Waals surface area contributed by atoms with Gasteiger partial charge in [-0.1, -0.05) is 72.8 Å². The first-order valence-electron chi connectivity index (χ1n) is 8.67. The number of phenolic OH excluding ortho intramolecular Hbond substituents is 1. The van der Waals surface area contributed by atoms with E-state index in [4.69, 9.17) is 0 Å². The molecular formula is C23H15N3O2. The number of para-hydroxylation sites is 2. The van der Waals surface area contributed by atoms with Crippen LogP contribution in [0.15, 0.2) is 89.7 Å². The van der Waals surface area contributed by atoms with Gasteiger partial charge in [0.15, 0.2) is 0 Å². The summed E-state index contributed by atoms with van der Waals surface area (Å²) in [6.45, 7) is 0. The number of aromatic hydroxyl groups is 1. The Balaban J connectivity index is 2.13. The van der Waals surface area contributed by atoms with Crippen LogP contribution in [-0.4, -0.2) is 14.9 Å². The van der Waals surface area contributed by atoms with Crippen molar-refractivity contribution in [1.29, 1.82) is 5.26 Å². The van der Waals surface area contributed by atoms with Gasteiger partial charge in [0.05, 0.1) is 0 Å². The minimum Gasteiger partial charge on any atom is -0.506 e. The number of hydrogen-bond acceptors (Lipinski definition) is 4.